The van der Waals surface area contributed by atoms with E-state index in [2.05, 4.69) is 30.5 Å². The Labute approximate surface area is 113 Å². The van der Waals surface area contributed by atoms with E-state index in [1.165, 1.54) is 11.1 Å². The predicted octanol–water partition coefficient (Wildman–Crippen LogP) is 3.51. The molecule has 1 atom stereocenters. The molecule has 0 saturated carbocycles. The van der Waals surface area contributed by atoms with Gasteiger partial charge in [0.05, 0.1) is 6.04 Å². The van der Waals surface area contributed by atoms with Gasteiger partial charge in [0.15, 0.2) is 0 Å². The van der Waals surface area contributed by atoms with Crippen LogP contribution in [-0.2, 0) is 0 Å². The van der Waals surface area contributed by atoms with Gasteiger partial charge in [-0.1, -0.05) is 48.0 Å². The summed E-state index contributed by atoms with van der Waals surface area (Å²) in [6, 6.07) is 14.1. The van der Waals surface area contributed by atoms with Crippen molar-refractivity contribution in [1.82, 2.24) is 5.43 Å². The molecule has 0 saturated heterocycles. The van der Waals surface area contributed by atoms with Crippen LogP contribution >= 0.6 is 11.6 Å². The van der Waals surface area contributed by atoms with E-state index < -0.39 is 0 Å². The molecule has 0 aromatic heterocycles. The van der Waals surface area contributed by atoms with Gasteiger partial charge >= 0.3 is 0 Å². The highest BCUT2D eigenvalue weighted by Crippen LogP contribution is 2.29. The standard InChI is InChI=1S/C15H17ClN2/c1-10-6-3-4-7-12(10)15(18-17)13-8-5-9-14(16)11(13)2/h3-9,15,18H,17H2,1-2H3. The second-order valence-electron chi connectivity index (χ2n) is 4.41. The van der Waals surface area contributed by atoms with Crippen molar-refractivity contribution < 1.29 is 0 Å². The molecule has 18 heavy (non-hydrogen) atoms. The summed E-state index contributed by atoms with van der Waals surface area (Å²) < 4.78 is 0. The molecule has 0 aliphatic heterocycles. The normalized spacial score (nSPS) is 12.4. The van der Waals surface area contributed by atoms with Gasteiger partial charge in [-0.3, -0.25) is 5.84 Å². The van der Waals surface area contributed by atoms with Crippen molar-refractivity contribution in [2.24, 2.45) is 5.84 Å². The fourth-order valence-corrected chi connectivity index (χ4v) is 2.38. The van der Waals surface area contributed by atoms with Gasteiger partial charge in [0.1, 0.15) is 0 Å². The minimum Gasteiger partial charge on any atom is -0.271 e. The fourth-order valence-electron chi connectivity index (χ4n) is 2.19. The van der Waals surface area contributed by atoms with Gasteiger partial charge in [-0.2, -0.15) is 0 Å². The molecule has 0 radical (unpaired) electrons. The number of nitrogens with two attached hydrogens (primary N) is 1. The first kappa shape index (κ1) is 13.1. The maximum absolute atomic E-state index is 6.17. The average molecular weight is 261 g/mol. The molecule has 2 rings (SSSR count). The van der Waals surface area contributed by atoms with Crippen LogP contribution in [0.25, 0.3) is 0 Å². The average Bonchev–Trinajstić information content (AvgIpc) is 2.37. The van der Waals surface area contributed by atoms with Crippen molar-refractivity contribution in [2.45, 2.75) is 19.9 Å². The van der Waals surface area contributed by atoms with Gasteiger partial charge in [-0.25, -0.2) is 5.43 Å². The molecule has 0 aliphatic rings. The zero-order valence-electron chi connectivity index (χ0n) is 10.6. The molecular weight excluding hydrogens is 244 g/mol. The lowest BCUT2D eigenvalue weighted by molar-refractivity contribution is 0.630. The number of halogens is 1. The van der Waals surface area contributed by atoms with E-state index in [0.29, 0.717) is 0 Å². The number of nitrogens with one attached hydrogen (secondary N) is 1. The Morgan fingerprint density at radius 2 is 1.67 bits per heavy atom. The SMILES string of the molecule is Cc1ccccc1C(NN)c1cccc(Cl)c1C. The van der Waals surface area contributed by atoms with Crippen LogP contribution in [0.4, 0.5) is 0 Å². The van der Waals surface area contributed by atoms with Gasteiger partial charge in [0, 0.05) is 5.02 Å². The molecule has 0 spiro atoms. The van der Waals surface area contributed by atoms with Gasteiger partial charge in [0.25, 0.3) is 0 Å². The third kappa shape index (κ3) is 2.41. The van der Waals surface area contributed by atoms with Crippen molar-refractivity contribution in [1.29, 1.82) is 0 Å². The van der Waals surface area contributed by atoms with Crippen LogP contribution in [0.15, 0.2) is 42.5 Å². The number of rotatable bonds is 3. The minimum atomic E-state index is -0.0371. The van der Waals surface area contributed by atoms with Crippen LogP contribution in [0, 0.1) is 13.8 Å². The lowest BCUT2D eigenvalue weighted by Crippen LogP contribution is -2.30. The molecule has 2 nitrogen and oxygen atoms in total. The first-order chi connectivity index (χ1) is 8.65. The second kappa shape index (κ2) is 5.53. The molecule has 3 heteroatoms. The molecule has 94 valence electrons. The Morgan fingerprint density at radius 1 is 1.00 bits per heavy atom. The van der Waals surface area contributed by atoms with Crippen molar-refractivity contribution in [3.63, 3.8) is 0 Å². The first-order valence-electron chi connectivity index (χ1n) is 5.92. The minimum absolute atomic E-state index is 0.0371. The number of hydrogen-bond acceptors (Lipinski definition) is 2. The third-order valence-corrected chi connectivity index (χ3v) is 3.70. The van der Waals surface area contributed by atoms with E-state index in [0.717, 1.165) is 16.1 Å². The second-order valence-corrected chi connectivity index (χ2v) is 4.82. The van der Waals surface area contributed by atoms with Gasteiger partial charge in [-0.15, -0.1) is 0 Å². The van der Waals surface area contributed by atoms with E-state index in [4.69, 9.17) is 17.4 Å². The van der Waals surface area contributed by atoms with Crippen molar-refractivity contribution in [3.8, 4) is 0 Å². The van der Waals surface area contributed by atoms with Crippen LogP contribution in [0.5, 0.6) is 0 Å². The monoisotopic (exact) mass is 260 g/mol. The zero-order valence-corrected chi connectivity index (χ0v) is 11.3. The first-order valence-corrected chi connectivity index (χ1v) is 6.29. The van der Waals surface area contributed by atoms with Crippen LogP contribution in [0.2, 0.25) is 5.02 Å². The highest BCUT2D eigenvalue weighted by Gasteiger charge is 2.17. The Hall–Kier alpha value is -1.35. The number of aryl methyl sites for hydroxylation is 1. The largest absolute Gasteiger partial charge is 0.271 e. The number of hydrazine groups is 1. The maximum atomic E-state index is 6.17. The summed E-state index contributed by atoms with van der Waals surface area (Å²) >= 11 is 6.17. The Balaban J connectivity index is 2.53. The van der Waals surface area contributed by atoms with E-state index >= 15 is 0 Å². The van der Waals surface area contributed by atoms with E-state index in [1.807, 2.05) is 31.2 Å². The summed E-state index contributed by atoms with van der Waals surface area (Å²) in [4.78, 5) is 0. The summed E-state index contributed by atoms with van der Waals surface area (Å²) in [7, 11) is 0. The lowest BCUT2D eigenvalue weighted by atomic mass is 9.93. The summed E-state index contributed by atoms with van der Waals surface area (Å²) in [6.45, 7) is 4.10. The third-order valence-electron chi connectivity index (χ3n) is 3.29. The Kier molecular flexibility index (Phi) is 4.02. The highest BCUT2D eigenvalue weighted by atomic mass is 35.5. The zero-order chi connectivity index (χ0) is 13.1. The molecule has 0 amide bonds. The fraction of sp³-hybridized carbons (Fsp3) is 0.200. The number of hydrogen-bond donors (Lipinski definition) is 2. The molecule has 0 bridgehead atoms. The smallest absolute Gasteiger partial charge is 0.0715 e. The molecule has 3 N–H and O–H groups in total. The van der Waals surface area contributed by atoms with E-state index in [-0.39, 0.29) is 6.04 Å². The molecular formula is C15H17ClN2. The molecule has 2 aromatic carbocycles. The summed E-state index contributed by atoms with van der Waals surface area (Å²) in [6.07, 6.45) is 0. The maximum Gasteiger partial charge on any atom is 0.0715 e. The highest BCUT2D eigenvalue weighted by molar-refractivity contribution is 6.31. The summed E-state index contributed by atoms with van der Waals surface area (Å²) in [5.74, 6) is 5.73. The lowest BCUT2D eigenvalue weighted by Gasteiger charge is -2.21. The van der Waals surface area contributed by atoms with Crippen LogP contribution in [-0.4, -0.2) is 0 Å². The van der Waals surface area contributed by atoms with Crippen molar-refractivity contribution in [3.05, 3.63) is 69.7 Å². The molecule has 0 heterocycles. The van der Waals surface area contributed by atoms with E-state index in [1.54, 1.807) is 0 Å². The van der Waals surface area contributed by atoms with Gasteiger partial charge in [0.2, 0.25) is 0 Å². The molecule has 0 fully saturated rings. The van der Waals surface area contributed by atoms with Gasteiger partial charge < -0.3 is 0 Å². The van der Waals surface area contributed by atoms with E-state index in [9.17, 15) is 0 Å². The van der Waals surface area contributed by atoms with Crippen LogP contribution in [0.1, 0.15) is 28.3 Å². The summed E-state index contributed by atoms with van der Waals surface area (Å²) in [5.41, 5.74) is 7.44. The predicted molar refractivity (Wildman–Crippen MR) is 76.5 cm³/mol. The quantitative estimate of drug-likeness (QED) is 0.655. The van der Waals surface area contributed by atoms with Crippen LogP contribution < -0.4 is 11.3 Å². The summed E-state index contributed by atoms with van der Waals surface area (Å²) in [5, 5.41) is 0.765. The molecule has 1 unspecified atom stereocenters. The van der Waals surface area contributed by atoms with Crippen molar-refractivity contribution in [2.75, 3.05) is 0 Å². The molecule has 0 aliphatic carbocycles. The topological polar surface area (TPSA) is 38.0 Å². The van der Waals surface area contributed by atoms with Crippen molar-refractivity contribution >= 4 is 11.6 Å². The Morgan fingerprint density at radius 3 is 2.33 bits per heavy atom. The van der Waals surface area contributed by atoms with Crippen LogP contribution in [0.3, 0.4) is 0 Å². The van der Waals surface area contributed by atoms with Gasteiger partial charge in [-0.05, 0) is 42.2 Å². The Bertz CT molecular complexity index is 552. The number of benzene rings is 2. The molecule has 2 aromatic rings.